The van der Waals surface area contributed by atoms with Crippen LogP contribution >= 0.6 is 23.2 Å². The highest BCUT2D eigenvalue weighted by Crippen LogP contribution is 2.43. The van der Waals surface area contributed by atoms with Crippen molar-refractivity contribution in [1.82, 2.24) is 0 Å². The Bertz CT molecular complexity index is 1280. The topological polar surface area (TPSA) is 132 Å². The number of ketones is 1. The number of benzene rings is 2. The van der Waals surface area contributed by atoms with Gasteiger partial charge in [0.1, 0.15) is 22.6 Å². The third-order valence-electron chi connectivity index (χ3n) is 5.30. The monoisotopic (exact) mass is 488 g/mol. The number of aryl methyl sites for hydroxylation is 2. The lowest BCUT2D eigenvalue weighted by atomic mass is 9.86. The molecule has 0 aromatic heterocycles. The van der Waals surface area contributed by atoms with Crippen molar-refractivity contribution in [2.45, 2.75) is 20.8 Å². The maximum atomic E-state index is 12.2. The van der Waals surface area contributed by atoms with Crippen LogP contribution in [-0.2, 0) is 4.79 Å². The van der Waals surface area contributed by atoms with Crippen LogP contribution in [0.1, 0.15) is 49.9 Å². The van der Waals surface area contributed by atoms with Crippen LogP contribution in [0.5, 0.6) is 11.5 Å². The number of carboxylic acids is 2. The number of aromatic hydroxyl groups is 2. The van der Waals surface area contributed by atoms with E-state index in [0.29, 0.717) is 0 Å². The number of halogens is 2. The lowest BCUT2D eigenvalue weighted by Gasteiger charge is -2.22. The van der Waals surface area contributed by atoms with Gasteiger partial charge < -0.3 is 20.4 Å². The van der Waals surface area contributed by atoms with E-state index in [1.807, 2.05) is 0 Å². The minimum absolute atomic E-state index is 0.00714. The molecule has 0 aliphatic heterocycles. The summed E-state index contributed by atoms with van der Waals surface area (Å²) in [6.07, 6.45) is 1.16. The number of allylic oxidation sites excluding steroid dienone is 5. The Hall–Kier alpha value is -3.55. The van der Waals surface area contributed by atoms with Gasteiger partial charge in [0.05, 0.1) is 10.1 Å². The van der Waals surface area contributed by atoms with Crippen molar-refractivity contribution in [1.29, 1.82) is 0 Å². The average Bonchev–Trinajstić information content (AvgIpc) is 2.73. The van der Waals surface area contributed by atoms with Crippen molar-refractivity contribution in [2.24, 2.45) is 0 Å². The minimum Gasteiger partial charge on any atom is -0.507 e. The van der Waals surface area contributed by atoms with E-state index >= 15 is 0 Å². The molecule has 4 N–H and O–H groups in total. The van der Waals surface area contributed by atoms with Crippen LogP contribution in [0.3, 0.4) is 0 Å². The zero-order valence-electron chi connectivity index (χ0n) is 17.7. The molecule has 9 heteroatoms. The second kappa shape index (κ2) is 8.77. The average molecular weight is 489 g/mol. The number of hydrogen-bond acceptors (Lipinski definition) is 5. The maximum absolute atomic E-state index is 12.2. The SMILES string of the molecule is CC1=C(Cl)C(=C(c2cc(C)c(O)c(C(=O)O)c2)c2cc(C)c(O)c(C(=O)O)c2)C(Cl)=CC1=O. The normalized spacial score (nSPS) is 13.8. The van der Waals surface area contributed by atoms with Gasteiger partial charge in [-0.05, 0) is 72.9 Å². The Balaban J connectivity index is 2.54. The smallest absolute Gasteiger partial charge is 0.339 e. The van der Waals surface area contributed by atoms with E-state index in [4.69, 9.17) is 23.2 Å². The first-order valence-corrected chi connectivity index (χ1v) is 10.3. The molecule has 0 spiro atoms. The number of carbonyl (C=O) groups is 3. The maximum Gasteiger partial charge on any atom is 0.339 e. The van der Waals surface area contributed by atoms with Crippen LogP contribution in [-0.4, -0.2) is 38.1 Å². The zero-order valence-corrected chi connectivity index (χ0v) is 19.2. The van der Waals surface area contributed by atoms with Crippen molar-refractivity contribution in [3.63, 3.8) is 0 Å². The highest BCUT2D eigenvalue weighted by atomic mass is 35.5. The summed E-state index contributed by atoms with van der Waals surface area (Å²) < 4.78 is 0. The van der Waals surface area contributed by atoms with Gasteiger partial charge in [-0.15, -0.1) is 0 Å². The van der Waals surface area contributed by atoms with Crippen LogP contribution in [0.2, 0.25) is 0 Å². The van der Waals surface area contributed by atoms with E-state index in [9.17, 15) is 34.8 Å². The highest BCUT2D eigenvalue weighted by molar-refractivity contribution is 6.44. The Morgan fingerprint density at radius 2 is 1.21 bits per heavy atom. The van der Waals surface area contributed by atoms with E-state index in [2.05, 4.69) is 0 Å². The predicted molar refractivity (Wildman–Crippen MR) is 123 cm³/mol. The minimum atomic E-state index is -1.38. The highest BCUT2D eigenvalue weighted by Gasteiger charge is 2.28. The molecule has 2 aromatic rings. The van der Waals surface area contributed by atoms with Crippen LogP contribution in [0.15, 0.2) is 51.6 Å². The van der Waals surface area contributed by atoms with Crippen LogP contribution in [0.25, 0.3) is 5.57 Å². The fourth-order valence-corrected chi connectivity index (χ4v) is 4.18. The molecule has 1 aliphatic carbocycles. The Kier molecular flexibility index (Phi) is 6.40. The number of hydrogen-bond donors (Lipinski definition) is 4. The van der Waals surface area contributed by atoms with Crippen molar-refractivity contribution < 1.29 is 34.8 Å². The predicted octanol–water partition coefficient (Wildman–Crippen LogP) is 5.13. The van der Waals surface area contributed by atoms with E-state index in [-0.39, 0.29) is 60.2 Å². The number of aromatic carboxylic acids is 2. The molecule has 170 valence electrons. The molecule has 7 nitrogen and oxygen atoms in total. The van der Waals surface area contributed by atoms with Gasteiger partial charge in [0, 0.05) is 17.2 Å². The Morgan fingerprint density at radius 1 is 0.788 bits per heavy atom. The molecule has 0 unspecified atom stereocenters. The van der Waals surface area contributed by atoms with E-state index < -0.39 is 29.2 Å². The van der Waals surface area contributed by atoms with Crippen molar-refractivity contribution in [3.8, 4) is 11.5 Å². The van der Waals surface area contributed by atoms with Crippen molar-refractivity contribution in [2.75, 3.05) is 0 Å². The fraction of sp³-hybridized carbons (Fsp3) is 0.125. The lowest BCUT2D eigenvalue weighted by molar-refractivity contribution is -0.111. The molecule has 0 saturated heterocycles. The van der Waals surface area contributed by atoms with Crippen LogP contribution in [0.4, 0.5) is 0 Å². The molecule has 0 radical (unpaired) electrons. The van der Waals surface area contributed by atoms with Gasteiger partial charge in [-0.25, -0.2) is 9.59 Å². The molecule has 0 amide bonds. The first-order chi connectivity index (χ1) is 15.3. The Labute approximate surface area is 198 Å². The molecule has 1 aliphatic rings. The van der Waals surface area contributed by atoms with Crippen molar-refractivity contribution in [3.05, 3.63) is 84.9 Å². The van der Waals surface area contributed by atoms with Gasteiger partial charge in [-0.2, -0.15) is 0 Å². The lowest BCUT2D eigenvalue weighted by Crippen LogP contribution is -2.10. The summed E-state index contributed by atoms with van der Waals surface area (Å²) in [4.78, 5) is 35.6. The molecule has 0 bridgehead atoms. The largest absolute Gasteiger partial charge is 0.507 e. The number of carbonyl (C=O) groups excluding carboxylic acids is 1. The van der Waals surface area contributed by atoms with E-state index in [0.717, 1.165) is 6.08 Å². The van der Waals surface area contributed by atoms with Gasteiger partial charge in [0.2, 0.25) is 0 Å². The molecule has 2 aromatic carbocycles. The van der Waals surface area contributed by atoms with E-state index in [1.165, 1.54) is 45.0 Å². The summed E-state index contributed by atoms with van der Waals surface area (Å²) in [5, 5.41) is 39.5. The van der Waals surface area contributed by atoms with Gasteiger partial charge in [-0.1, -0.05) is 23.2 Å². The van der Waals surface area contributed by atoms with Crippen molar-refractivity contribution >= 4 is 46.5 Å². The van der Waals surface area contributed by atoms with Gasteiger partial charge in [0.25, 0.3) is 0 Å². The quantitative estimate of drug-likeness (QED) is 0.468. The summed E-state index contributed by atoms with van der Waals surface area (Å²) in [6.45, 7) is 4.50. The summed E-state index contributed by atoms with van der Waals surface area (Å²) in [7, 11) is 0. The number of carboxylic acid groups (broad SMARTS) is 2. The summed E-state index contributed by atoms with van der Waals surface area (Å²) >= 11 is 12.9. The second-order valence-electron chi connectivity index (χ2n) is 7.53. The molecule has 33 heavy (non-hydrogen) atoms. The molecule has 0 heterocycles. The van der Waals surface area contributed by atoms with Gasteiger partial charge >= 0.3 is 11.9 Å². The summed E-state index contributed by atoms with van der Waals surface area (Å²) in [5.41, 5.74) is 0.805. The first kappa shape index (κ1) is 24.1. The van der Waals surface area contributed by atoms with Gasteiger partial charge in [0.15, 0.2) is 5.78 Å². The molecule has 0 atom stereocenters. The molecule has 0 fully saturated rings. The first-order valence-electron chi connectivity index (χ1n) is 9.52. The Morgan fingerprint density at radius 3 is 1.61 bits per heavy atom. The third kappa shape index (κ3) is 4.25. The number of rotatable bonds is 4. The van der Waals surface area contributed by atoms with Gasteiger partial charge in [-0.3, -0.25) is 4.79 Å². The summed E-state index contributed by atoms with van der Waals surface area (Å²) in [5.74, 6) is -4.03. The van der Waals surface area contributed by atoms with E-state index in [1.54, 1.807) is 0 Å². The van der Waals surface area contributed by atoms with Crippen LogP contribution < -0.4 is 0 Å². The standard InChI is InChI=1S/C24H18Cl2O7/c1-9-4-12(6-14(21(9)28)23(30)31)18(19-16(25)8-17(27)11(3)20(19)26)13-5-10(2)22(29)15(7-13)24(32)33/h4-8,28-29H,1-3H3,(H,30,31)(H,32,33). The third-order valence-corrected chi connectivity index (χ3v) is 6.07. The molecular weight excluding hydrogens is 471 g/mol. The second-order valence-corrected chi connectivity index (χ2v) is 8.32. The molecular formula is C24H18Cl2O7. The molecule has 0 saturated carbocycles. The summed E-state index contributed by atoms with van der Waals surface area (Å²) in [6, 6.07) is 5.39. The number of phenols is 2. The molecule has 3 rings (SSSR count). The zero-order chi connectivity index (χ0) is 24.8. The fourth-order valence-electron chi connectivity index (χ4n) is 3.55. The van der Waals surface area contributed by atoms with Crippen LogP contribution in [0, 0.1) is 13.8 Å².